The smallest absolute Gasteiger partial charge is 0.393 e. The van der Waals surface area contributed by atoms with Crippen LogP contribution in [-0.2, 0) is 13.0 Å². The Kier molecular flexibility index (Phi) is 3.52. The SMILES string of the molecule is [CH2-][NH2+]Cc1ccc(CC(F)(F)F)cc1. The molecule has 1 rings (SSSR count). The third kappa shape index (κ3) is 3.79. The molecule has 0 heterocycles. The zero-order valence-corrected chi connectivity index (χ0v) is 7.64. The maximum atomic E-state index is 12.0. The van der Waals surface area contributed by atoms with Crippen molar-refractivity contribution in [1.82, 2.24) is 0 Å². The second-order valence-electron chi connectivity index (χ2n) is 3.10. The summed E-state index contributed by atoms with van der Waals surface area (Å²) in [7, 11) is 3.56. The van der Waals surface area contributed by atoms with Crippen LogP contribution in [0.5, 0.6) is 0 Å². The van der Waals surface area contributed by atoms with Gasteiger partial charge >= 0.3 is 6.18 Å². The fraction of sp³-hybridized carbons (Fsp3) is 0.300. The lowest BCUT2D eigenvalue weighted by Gasteiger charge is -2.07. The number of hydrogen-bond acceptors (Lipinski definition) is 0. The second kappa shape index (κ2) is 4.46. The summed E-state index contributed by atoms with van der Waals surface area (Å²) in [4.78, 5) is 0. The average Bonchev–Trinajstić information content (AvgIpc) is 2.06. The monoisotopic (exact) mass is 203 g/mol. The first-order valence-corrected chi connectivity index (χ1v) is 4.27. The maximum Gasteiger partial charge on any atom is 0.393 e. The van der Waals surface area contributed by atoms with Crippen LogP contribution in [0.3, 0.4) is 0 Å². The standard InChI is InChI=1S/C10H12F3N/c1-14-7-9-4-2-8(3-5-9)6-10(11,12)13/h2-5H,1,6-7,14H2. The predicted octanol–water partition coefficient (Wildman–Crippen LogP) is 1.65. The molecule has 0 bridgehead atoms. The highest BCUT2D eigenvalue weighted by molar-refractivity contribution is 5.22. The van der Waals surface area contributed by atoms with Crippen LogP contribution >= 0.6 is 0 Å². The maximum absolute atomic E-state index is 12.0. The molecule has 0 atom stereocenters. The van der Waals surface area contributed by atoms with Crippen LogP contribution in [-0.4, -0.2) is 6.18 Å². The number of benzene rings is 1. The molecule has 2 N–H and O–H groups in total. The first-order valence-electron chi connectivity index (χ1n) is 4.27. The topological polar surface area (TPSA) is 16.6 Å². The minimum Gasteiger partial charge on any atom is -0.475 e. The molecule has 0 amide bonds. The first kappa shape index (κ1) is 11.0. The van der Waals surface area contributed by atoms with Crippen LogP contribution in [0.1, 0.15) is 11.1 Å². The predicted molar refractivity (Wildman–Crippen MR) is 47.2 cm³/mol. The number of alkyl halides is 3. The highest BCUT2D eigenvalue weighted by Crippen LogP contribution is 2.21. The van der Waals surface area contributed by atoms with Gasteiger partial charge in [-0.05, 0) is 5.56 Å². The van der Waals surface area contributed by atoms with Gasteiger partial charge in [0.05, 0.1) is 13.0 Å². The highest BCUT2D eigenvalue weighted by atomic mass is 19.4. The normalized spacial score (nSPS) is 11.7. The summed E-state index contributed by atoms with van der Waals surface area (Å²) in [6.07, 6.45) is -4.98. The van der Waals surface area contributed by atoms with Crippen LogP contribution in [0.4, 0.5) is 13.2 Å². The molecule has 0 aliphatic carbocycles. The van der Waals surface area contributed by atoms with Gasteiger partial charge in [0, 0.05) is 5.56 Å². The fourth-order valence-corrected chi connectivity index (χ4v) is 1.19. The van der Waals surface area contributed by atoms with E-state index < -0.39 is 12.6 Å². The van der Waals surface area contributed by atoms with Gasteiger partial charge in [-0.2, -0.15) is 20.2 Å². The molecule has 1 nitrogen and oxygen atoms in total. The van der Waals surface area contributed by atoms with Crippen molar-refractivity contribution >= 4 is 0 Å². The number of rotatable bonds is 3. The van der Waals surface area contributed by atoms with Crippen LogP contribution in [0.15, 0.2) is 24.3 Å². The van der Waals surface area contributed by atoms with E-state index in [4.69, 9.17) is 0 Å². The zero-order chi connectivity index (χ0) is 10.6. The molecule has 0 aliphatic rings. The van der Waals surface area contributed by atoms with Crippen molar-refractivity contribution in [3.05, 3.63) is 42.4 Å². The average molecular weight is 203 g/mol. The Labute approximate surface area is 80.9 Å². The minimum absolute atomic E-state index is 0.297. The quantitative estimate of drug-likeness (QED) is 0.719. The molecule has 0 aromatic heterocycles. The van der Waals surface area contributed by atoms with E-state index in [2.05, 4.69) is 7.05 Å². The summed E-state index contributed by atoms with van der Waals surface area (Å²) in [5.41, 5.74) is 1.27. The Morgan fingerprint density at radius 2 is 1.57 bits per heavy atom. The summed E-state index contributed by atoms with van der Waals surface area (Å²) >= 11 is 0. The van der Waals surface area contributed by atoms with E-state index in [9.17, 15) is 13.2 Å². The van der Waals surface area contributed by atoms with Crippen molar-refractivity contribution in [2.24, 2.45) is 0 Å². The summed E-state index contributed by atoms with van der Waals surface area (Å²) in [6.45, 7) is 0.687. The molecular weight excluding hydrogens is 191 g/mol. The Bertz CT molecular complexity index is 276. The van der Waals surface area contributed by atoms with Crippen molar-refractivity contribution in [3.8, 4) is 0 Å². The Balaban J connectivity index is 2.64. The number of quaternary nitrogens is 1. The van der Waals surface area contributed by atoms with Crippen LogP contribution in [0.25, 0.3) is 0 Å². The van der Waals surface area contributed by atoms with E-state index in [0.29, 0.717) is 12.1 Å². The van der Waals surface area contributed by atoms with E-state index >= 15 is 0 Å². The van der Waals surface area contributed by atoms with Crippen LogP contribution in [0.2, 0.25) is 0 Å². The molecule has 1 aromatic rings. The van der Waals surface area contributed by atoms with Gasteiger partial charge in [0.2, 0.25) is 0 Å². The lowest BCUT2D eigenvalue weighted by atomic mass is 10.1. The molecule has 0 saturated heterocycles. The molecular formula is C10H12F3N. The number of halogens is 3. The molecule has 4 heteroatoms. The van der Waals surface area contributed by atoms with Crippen molar-refractivity contribution in [2.45, 2.75) is 19.1 Å². The summed E-state index contributed by atoms with van der Waals surface area (Å²) in [5.74, 6) is 0. The molecule has 0 fully saturated rings. The summed E-state index contributed by atoms with van der Waals surface area (Å²) < 4.78 is 35.9. The van der Waals surface area contributed by atoms with Gasteiger partial charge in [0.15, 0.2) is 0 Å². The van der Waals surface area contributed by atoms with E-state index in [1.54, 1.807) is 17.4 Å². The molecule has 0 radical (unpaired) electrons. The van der Waals surface area contributed by atoms with Gasteiger partial charge in [-0.25, -0.2) is 0 Å². The second-order valence-corrected chi connectivity index (χ2v) is 3.10. The van der Waals surface area contributed by atoms with E-state index in [1.807, 2.05) is 0 Å². The van der Waals surface area contributed by atoms with Crippen LogP contribution < -0.4 is 5.32 Å². The molecule has 0 saturated carbocycles. The largest absolute Gasteiger partial charge is 0.475 e. The van der Waals surface area contributed by atoms with Crippen molar-refractivity contribution in [3.63, 3.8) is 0 Å². The summed E-state index contributed by atoms with van der Waals surface area (Å²) in [5, 5.41) is 1.72. The molecule has 0 unspecified atom stereocenters. The van der Waals surface area contributed by atoms with Gasteiger partial charge in [0.1, 0.15) is 0 Å². The Morgan fingerprint density at radius 3 is 2.00 bits per heavy atom. The third-order valence-electron chi connectivity index (χ3n) is 1.81. The number of hydrogen-bond donors (Lipinski definition) is 1. The van der Waals surface area contributed by atoms with Crippen molar-refractivity contribution in [2.75, 3.05) is 0 Å². The molecule has 0 spiro atoms. The van der Waals surface area contributed by atoms with E-state index in [0.717, 1.165) is 5.56 Å². The third-order valence-corrected chi connectivity index (χ3v) is 1.81. The lowest BCUT2D eigenvalue weighted by molar-refractivity contribution is -0.612. The summed E-state index contributed by atoms with van der Waals surface area (Å²) in [6, 6.07) is 6.41. The van der Waals surface area contributed by atoms with Crippen LogP contribution in [0, 0.1) is 7.05 Å². The Morgan fingerprint density at radius 1 is 1.07 bits per heavy atom. The lowest BCUT2D eigenvalue weighted by Crippen LogP contribution is -2.74. The van der Waals surface area contributed by atoms with Gasteiger partial charge in [-0.15, -0.1) is 0 Å². The Hall–Kier alpha value is -1.03. The number of nitrogens with two attached hydrogens (primary N) is 1. The molecule has 78 valence electrons. The highest BCUT2D eigenvalue weighted by Gasteiger charge is 2.27. The molecule has 1 aromatic carbocycles. The van der Waals surface area contributed by atoms with Gasteiger partial charge in [0.25, 0.3) is 0 Å². The minimum atomic E-state index is -4.13. The van der Waals surface area contributed by atoms with E-state index in [1.165, 1.54) is 12.1 Å². The fourth-order valence-electron chi connectivity index (χ4n) is 1.19. The zero-order valence-electron chi connectivity index (χ0n) is 7.64. The van der Waals surface area contributed by atoms with Gasteiger partial charge in [-0.3, -0.25) is 0 Å². The van der Waals surface area contributed by atoms with Gasteiger partial charge in [-0.1, -0.05) is 24.3 Å². The van der Waals surface area contributed by atoms with Crippen molar-refractivity contribution in [1.29, 1.82) is 0 Å². The van der Waals surface area contributed by atoms with Gasteiger partial charge < -0.3 is 5.32 Å². The van der Waals surface area contributed by atoms with Crippen molar-refractivity contribution < 1.29 is 18.5 Å². The molecule has 0 aliphatic heterocycles. The molecule has 14 heavy (non-hydrogen) atoms. The van der Waals surface area contributed by atoms with E-state index in [-0.39, 0.29) is 0 Å². The first-order chi connectivity index (χ1) is 6.51.